The summed E-state index contributed by atoms with van der Waals surface area (Å²) >= 11 is 1.74. The predicted octanol–water partition coefficient (Wildman–Crippen LogP) is 4.80. The van der Waals surface area contributed by atoms with E-state index in [1.807, 2.05) is 12.1 Å². The number of piperazine rings is 1. The monoisotopic (exact) mass is 404 g/mol. The van der Waals surface area contributed by atoms with Crippen molar-refractivity contribution >= 4 is 43.4 Å². The van der Waals surface area contributed by atoms with Crippen LogP contribution in [-0.2, 0) is 0 Å². The van der Waals surface area contributed by atoms with Crippen LogP contribution in [0.15, 0.2) is 42.5 Å². The van der Waals surface area contributed by atoms with Gasteiger partial charge in [0.05, 0.1) is 22.8 Å². The molecule has 0 radical (unpaired) electrons. The van der Waals surface area contributed by atoms with Crippen LogP contribution in [0.4, 0.5) is 10.9 Å². The first kappa shape index (κ1) is 18.2. The van der Waals surface area contributed by atoms with E-state index in [4.69, 9.17) is 14.7 Å². The summed E-state index contributed by atoms with van der Waals surface area (Å²) in [4.78, 5) is 14.6. The molecule has 2 aromatic carbocycles. The molecule has 3 heterocycles. The van der Waals surface area contributed by atoms with E-state index >= 15 is 0 Å². The van der Waals surface area contributed by atoms with Crippen molar-refractivity contribution < 1.29 is 4.74 Å². The van der Waals surface area contributed by atoms with Crippen LogP contribution in [0.25, 0.3) is 21.1 Å². The molecule has 1 fully saturated rings. The number of pyridine rings is 1. The molecule has 4 aromatic rings. The molecule has 0 amide bonds. The Kier molecular flexibility index (Phi) is 4.51. The van der Waals surface area contributed by atoms with Gasteiger partial charge in [-0.15, -0.1) is 0 Å². The van der Waals surface area contributed by atoms with Crippen LogP contribution in [0.5, 0.6) is 5.75 Å². The lowest BCUT2D eigenvalue weighted by Gasteiger charge is -2.35. The van der Waals surface area contributed by atoms with Gasteiger partial charge in [0.2, 0.25) is 0 Å². The topological polar surface area (TPSA) is 41.5 Å². The number of anilines is 2. The maximum absolute atomic E-state index is 5.34. The van der Waals surface area contributed by atoms with Crippen LogP contribution >= 0.6 is 11.3 Å². The van der Waals surface area contributed by atoms with Gasteiger partial charge in [0.25, 0.3) is 0 Å². The average Bonchev–Trinajstić information content (AvgIpc) is 3.18. The van der Waals surface area contributed by atoms with Crippen LogP contribution in [0, 0.1) is 13.8 Å². The minimum Gasteiger partial charge on any atom is -0.497 e. The number of aromatic nitrogens is 2. The van der Waals surface area contributed by atoms with Crippen molar-refractivity contribution in [1.29, 1.82) is 0 Å². The lowest BCUT2D eigenvalue weighted by atomic mass is 10.1. The van der Waals surface area contributed by atoms with Crippen molar-refractivity contribution in [3.05, 3.63) is 53.6 Å². The maximum atomic E-state index is 5.34. The Morgan fingerprint density at radius 2 is 1.69 bits per heavy atom. The van der Waals surface area contributed by atoms with Gasteiger partial charge in [0.1, 0.15) is 11.6 Å². The largest absolute Gasteiger partial charge is 0.497 e. The Hall–Kier alpha value is -2.86. The summed E-state index contributed by atoms with van der Waals surface area (Å²) in [6.07, 6.45) is 0. The van der Waals surface area contributed by atoms with Crippen LogP contribution < -0.4 is 14.5 Å². The van der Waals surface area contributed by atoms with Crippen molar-refractivity contribution in [3.63, 3.8) is 0 Å². The molecule has 0 aliphatic carbocycles. The Balaban J connectivity index is 1.36. The van der Waals surface area contributed by atoms with E-state index in [-0.39, 0.29) is 0 Å². The highest BCUT2D eigenvalue weighted by Gasteiger charge is 2.21. The highest BCUT2D eigenvalue weighted by atomic mass is 32.1. The van der Waals surface area contributed by atoms with Crippen molar-refractivity contribution in [3.8, 4) is 5.75 Å². The van der Waals surface area contributed by atoms with Gasteiger partial charge in [-0.1, -0.05) is 29.5 Å². The Morgan fingerprint density at radius 1 is 0.897 bits per heavy atom. The van der Waals surface area contributed by atoms with Crippen molar-refractivity contribution in [2.75, 3.05) is 43.1 Å². The predicted molar refractivity (Wildman–Crippen MR) is 122 cm³/mol. The van der Waals surface area contributed by atoms with E-state index in [1.54, 1.807) is 18.4 Å². The molecule has 1 aliphatic heterocycles. The van der Waals surface area contributed by atoms with Crippen LogP contribution in [-0.4, -0.2) is 43.3 Å². The summed E-state index contributed by atoms with van der Waals surface area (Å²) in [7, 11) is 1.70. The summed E-state index contributed by atoms with van der Waals surface area (Å²) in [5.41, 5.74) is 4.67. The third kappa shape index (κ3) is 3.27. The number of benzene rings is 2. The number of ether oxygens (including phenoxy) is 1. The second-order valence-corrected chi connectivity index (χ2v) is 8.58. The third-order valence-electron chi connectivity index (χ3n) is 5.69. The Labute approximate surface area is 174 Å². The number of aryl methyl sites for hydroxylation is 2. The molecule has 0 N–H and O–H groups in total. The van der Waals surface area contributed by atoms with Crippen LogP contribution in [0.1, 0.15) is 11.1 Å². The number of nitrogens with zero attached hydrogens (tertiary/aromatic N) is 4. The lowest BCUT2D eigenvalue weighted by Crippen LogP contribution is -2.46. The van der Waals surface area contributed by atoms with Gasteiger partial charge >= 0.3 is 0 Å². The molecule has 0 atom stereocenters. The normalized spacial score (nSPS) is 14.7. The van der Waals surface area contributed by atoms with Gasteiger partial charge < -0.3 is 14.5 Å². The van der Waals surface area contributed by atoms with Crippen LogP contribution in [0.3, 0.4) is 0 Å². The molecule has 148 valence electrons. The Morgan fingerprint density at radius 3 is 2.48 bits per heavy atom. The third-order valence-corrected chi connectivity index (χ3v) is 6.77. The molecule has 1 saturated heterocycles. The SMILES string of the molecule is COc1ccc2nc(N3CCN(c4cc(C)c5cccc(C)c5n4)CC3)sc2c1. The fraction of sp³-hybridized carbons (Fsp3) is 0.304. The second-order valence-electron chi connectivity index (χ2n) is 7.57. The molecule has 6 heteroatoms. The second kappa shape index (κ2) is 7.19. The van der Waals surface area contributed by atoms with E-state index < -0.39 is 0 Å². The van der Waals surface area contributed by atoms with E-state index in [1.165, 1.54) is 21.2 Å². The number of hydrogen-bond donors (Lipinski definition) is 0. The highest BCUT2D eigenvalue weighted by Crippen LogP contribution is 2.32. The summed E-state index contributed by atoms with van der Waals surface area (Å²) < 4.78 is 6.51. The molecule has 0 spiro atoms. The molecular formula is C23H24N4OS. The van der Waals surface area contributed by atoms with E-state index in [0.29, 0.717) is 0 Å². The molecule has 5 rings (SSSR count). The van der Waals surface area contributed by atoms with Gasteiger partial charge in [-0.25, -0.2) is 9.97 Å². The van der Waals surface area contributed by atoms with E-state index in [0.717, 1.165) is 53.9 Å². The number of methoxy groups -OCH3 is 1. The Bertz CT molecular complexity index is 1190. The van der Waals surface area contributed by atoms with Gasteiger partial charge in [0, 0.05) is 31.6 Å². The van der Waals surface area contributed by atoms with Crippen molar-refractivity contribution in [2.24, 2.45) is 0 Å². The minimum atomic E-state index is 0.880. The molecule has 0 unspecified atom stereocenters. The smallest absolute Gasteiger partial charge is 0.186 e. The molecule has 0 saturated carbocycles. The lowest BCUT2D eigenvalue weighted by molar-refractivity contribution is 0.415. The van der Waals surface area contributed by atoms with Gasteiger partial charge in [-0.2, -0.15) is 0 Å². The first-order valence-electron chi connectivity index (χ1n) is 9.94. The molecular weight excluding hydrogens is 380 g/mol. The fourth-order valence-corrected chi connectivity index (χ4v) is 5.03. The number of para-hydroxylation sites is 1. The summed E-state index contributed by atoms with van der Waals surface area (Å²) in [6, 6.07) is 14.7. The van der Waals surface area contributed by atoms with Gasteiger partial charge in [-0.05, 0) is 49.2 Å². The zero-order valence-electron chi connectivity index (χ0n) is 17.0. The summed E-state index contributed by atoms with van der Waals surface area (Å²) in [6.45, 7) is 8.11. The van der Waals surface area contributed by atoms with E-state index in [9.17, 15) is 0 Å². The highest BCUT2D eigenvalue weighted by molar-refractivity contribution is 7.22. The number of hydrogen-bond acceptors (Lipinski definition) is 6. The van der Waals surface area contributed by atoms with Gasteiger partial charge in [-0.3, -0.25) is 0 Å². The average molecular weight is 405 g/mol. The molecule has 1 aliphatic rings. The molecule has 0 bridgehead atoms. The molecule has 29 heavy (non-hydrogen) atoms. The number of fused-ring (bicyclic) bond motifs is 2. The zero-order valence-corrected chi connectivity index (χ0v) is 17.8. The summed E-state index contributed by atoms with van der Waals surface area (Å²) in [5, 5.41) is 2.34. The standard InChI is InChI=1S/C23H24N4OS/c1-15-5-4-6-18-16(2)13-21(25-22(15)18)26-9-11-27(12-10-26)23-24-19-8-7-17(28-3)14-20(19)29-23/h4-8,13-14H,9-12H2,1-3H3. The van der Waals surface area contributed by atoms with Crippen LogP contribution in [0.2, 0.25) is 0 Å². The molecule has 2 aromatic heterocycles. The van der Waals surface area contributed by atoms with E-state index in [2.05, 4.69) is 54.0 Å². The first-order valence-corrected chi connectivity index (χ1v) is 10.8. The first-order chi connectivity index (χ1) is 14.1. The van der Waals surface area contributed by atoms with Gasteiger partial charge in [0.15, 0.2) is 5.13 Å². The minimum absolute atomic E-state index is 0.880. The molecule has 5 nitrogen and oxygen atoms in total. The fourth-order valence-electron chi connectivity index (χ4n) is 3.99. The summed E-state index contributed by atoms with van der Waals surface area (Å²) in [5.74, 6) is 1.96. The number of rotatable bonds is 3. The quantitative estimate of drug-likeness (QED) is 0.491. The van der Waals surface area contributed by atoms with Crippen molar-refractivity contribution in [1.82, 2.24) is 9.97 Å². The zero-order chi connectivity index (χ0) is 20.0. The number of thiazole rings is 1. The van der Waals surface area contributed by atoms with Crippen molar-refractivity contribution in [2.45, 2.75) is 13.8 Å². The maximum Gasteiger partial charge on any atom is 0.186 e.